The van der Waals surface area contributed by atoms with E-state index < -0.39 is 12.0 Å². The predicted molar refractivity (Wildman–Crippen MR) is 105 cm³/mol. The summed E-state index contributed by atoms with van der Waals surface area (Å²) in [4.78, 5) is 8.79. The molecule has 0 aliphatic carbocycles. The number of para-hydroxylation sites is 1. The van der Waals surface area contributed by atoms with E-state index in [2.05, 4.69) is 31.2 Å². The Balaban J connectivity index is 1.28. The van der Waals surface area contributed by atoms with Crippen LogP contribution >= 0.6 is 0 Å². The highest BCUT2D eigenvalue weighted by molar-refractivity contribution is 5.78. The minimum atomic E-state index is -4.60. The van der Waals surface area contributed by atoms with Crippen LogP contribution in [-0.4, -0.2) is 55.9 Å². The first-order valence-corrected chi connectivity index (χ1v) is 9.58. The van der Waals surface area contributed by atoms with Gasteiger partial charge in [-0.3, -0.25) is 9.88 Å². The average molecular weight is 413 g/mol. The third kappa shape index (κ3) is 3.54. The summed E-state index contributed by atoms with van der Waals surface area (Å²) >= 11 is 0. The number of benzene rings is 1. The van der Waals surface area contributed by atoms with Crippen LogP contribution in [0.3, 0.4) is 0 Å². The summed E-state index contributed by atoms with van der Waals surface area (Å²) in [5.41, 5.74) is 2.19. The van der Waals surface area contributed by atoms with Crippen LogP contribution in [0.1, 0.15) is 11.4 Å². The Labute approximate surface area is 169 Å². The molecule has 154 valence electrons. The third-order valence-electron chi connectivity index (χ3n) is 5.25. The Hall–Kier alpha value is -3.27. The van der Waals surface area contributed by atoms with Crippen LogP contribution in [0, 0.1) is 0 Å². The molecule has 10 heteroatoms. The van der Waals surface area contributed by atoms with E-state index in [-0.39, 0.29) is 5.65 Å². The Morgan fingerprint density at radius 1 is 0.933 bits per heavy atom. The fourth-order valence-electron chi connectivity index (χ4n) is 3.72. The summed E-state index contributed by atoms with van der Waals surface area (Å²) in [6, 6.07) is 13.3. The van der Waals surface area contributed by atoms with Crippen molar-refractivity contribution in [1.29, 1.82) is 0 Å². The van der Waals surface area contributed by atoms with E-state index in [0.29, 0.717) is 18.9 Å². The molecule has 0 bridgehead atoms. The van der Waals surface area contributed by atoms with Crippen molar-refractivity contribution in [3.05, 3.63) is 60.0 Å². The van der Waals surface area contributed by atoms with Gasteiger partial charge in [-0.25, -0.2) is 0 Å². The van der Waals surface area contributed by atoms with Crippen LogP contribution in [0.15, 0.2) is 48.7 Å². The average Bonchev–Trinajstić information content (AvgIpc) is 3.18. The Morgan fingerprint density at radius 3 is 2.53 bits per heavy atom. The highest BCUT2D eigenvalue weighted by atomic mass is 19.4. The molecule has 0 spiro atoms. The minimum Gasteiger partial charge on any atom is -0.353 e. The number of anilines is 1. The molecule has 1 saturated heterocycles. The molecule has 0 atom stereocenters. The molecule has 3 aromatic heterocycles. The lowest BCUT2D eigenvalue weighted by atomic mass is 10.1. The Morgan fingerprint density at radius 2 is 1.73 bits per heavy atom. The van der Waals surface area contributed by atoms with Crippen molar-refractivity contribution < 1.29 is 13.2 Å². The van der Waals surface area contributed by atoms with Gasteiger partial charge in [-0.05, 0) is 29.8 Å². The number of rotatable bonds is 3. The lowest BCUT2D eigenvalue weighted by Gasteiger charge is -2.35. The Kier molecular flexibility index (Phi) is 4.50. The summed E-state index contributed by atoms with van der Waals surface area (Å²) in [5.74, 6) is -0.624. The van der Waals surface area contributed by atoms with E-state index in [9.17, 15) is 13.2 Å². The van der Waals surface area contributed by atoms with E-state index in [0.717, 1.165) is 40.6 Å². The van der Waals surface area contributed by atoms with Crippen LogP contribution in [0.2, 0.25) is 0 Å². The lowest BCUT2D eigenvalue weighted by Crippen LogP contribution is -2.46. The molecule has 1 fully saturated rings. The van der Waals surface area contributed by atoms with Crippen molar-refractivity contribution in [3.63, 3.8) is 0 Å². The molecule has 0 N–H and O–H groups in total. The van der Waals surface area contributed by atoms with E-state index >= 15 is 0 Å². The summed E-state index contributed by atoms with van der Waals surface area (Å²) in [7, 11) is 0. The maximum atomic E-state index is 13.1. The second-order valence-corrected chi connectivity index (χ2v) is 7.28. The first-order chi connectivity index (χ1) is 14.5. The van der Waals surface area contributed by atoms with Gasteiger partial charge < -0.3 is 4.90 Å². The third-order valence-corrected chi connectivity index (χ3v) is 5.25. The summed E-state index contributed by atoms with van der Waals surface area (Å²) in [6.07, 6.45) is -2.70. The highest BCUT2D eigenvalue weighted by Gasteiger charge is 2.37. The number of hydrogen-bond acceptors (Lipinski definition) is 6. The van der Waals surface area contributed by atoms with E-state index in [1.165, 1.54) is 6.07 Å². The standard InChI is InChI=1S/C20H18F3N7/c21-20(22,23)19-26-25-17-5-6-18(27-30(17)19)29-9-7-28(8-10-29)13-14-11-15-3-1-2-4-16(15)24-12-14/h1-6,11-12H,7-10,13H2. The molecule has 1 aliphatic rings. The number of fused-ring (bicyclic) bond motifs is 2. The number of piperazine rings is 1. The van der Waals surface area contributed by atoms with Crippen LogP contribution < -0.4 is 4.90 Å². The van der Waals surface area contributed by atoms with Crippen molar-refractivity contribution in [1.82, 2.24) is 29.7 Å². The molecule has 0 radical (unpaired) electrons. The van der Waals surface area contributed by atoms with Crippen LogP contribution in [0.25, 0.3) is 16.6 Å². The van der Waals surface area contributed by atoms with Crippen LogP contribution in [0.4, 0.5) is 19.0 Å². The molecule has 7 nitrogen and oxygen atoms in total. The second kappa shape index (κ2) is 7.21. The molecule has 0 amide bonds. The van der Waals surface area contributed by atoms with Gasteiger partial charge in [0, 0.05) is 44.3 Å². The van der Waals surface area contributed by atoms with Gasteiger partial charge in [0.15, 0.2) is 5.65 Å². The molecule has 4 heterocycles. The number of halogens is 3. The van der Waals surface area contributed by atoms with Gasteiger partial charge in [-0.2, -0.15) is 17.7 Å². The molecule has 30 heavy (non-hydrogen) atoms. The second-order valence-electron chi connectivity index (χ2n) is 7.28. The smallest absolute Gasteiger partial charge is 0.353 e. The van der Waals surface area contributed by atoms with Crippen LogP contribution in [-0.2, 0) is 12.7 Å². The fraction of sp³-hybridized carbons (Fsp3) is 0.300. The highest BCUT2D eigenvalue weighted by Crippen LogP contribution is 2.28. The molecule has 0 saturated carbocycles. The molecule has 4 aromatic rings. The first kappa shape index (κ1) is 18.7. The zero-order valence-electron chi connectivity index (χ0n) is 15.9. The van der Waals surface area contributed by atoms with E-state index in [4.69, 9.17) is 0 Å². The molecule has 1 aromatic carbocycles. The largest absolute Gasteiger partial charge is 0.453 e. The zero-order chi connectivity index (χ0) is 20.7. The summed E-state index contributed by atoms with van der Waals surface area (Å²) < 4.78 is 40.0. The van der Waals surface area contributed by atoms with Crippen LogP contribution in [0.5, 0.6) is 0 Å². The number of hydrogen-bond donors (Lipinski definition) is 0. The number of aromatic nitrogens is 5. The Bertz CT molecular complexity index is 1200. The summed E-state index contributed by atoms with van der Waals surface area (Å²) in [6.45, 7) is 3.68. The minimum absolute atomic E-state index is 0.0773. The number of pyridine rings is 1. The molecular weight excluding hydrogens is 395 g/mol. The first-order valence-electron chi connectivity index (χ1n) is 9.58. The SMILES string of the molecule is FC(F)(F)c1nnc2ccc(N3CCN(Cc4cnc5ccccc5c4)CC3)nn12. The molecule has 0 unspecified atom stereocenters. The van der Waals surface area contributed by atoms with Gasteiger partial charge in [0.05, 0.1) is 5.52 Å². The molecule has 1 aliphatic heterocycles. The van der Waals surface area contributed by atoms with Crippen molar-refractivity contribution in [3.8, 4) is 0 Å². The predicted octanol–water partition coefficient (Wildman–Crippen LogP) is 3.01. The number of alkyl halides is 3. The topological polar surface area (TPSA) is 62.5 Å². The van der Waals surface area contributed by atoms with E-state index in [1.54, 1.807) is 6.07 Å². The fourth-order valence-corrected chi connectivity index (χ4v) is 3.72. The van der Waals surface area contributed by atoms with Crippen molar-refractivity contribution in [2.75, 3.05) is 31.1 Å². The van der Waals surface area contributed by atoms with Crippen molar-refractivity contribution in [2.24, 2.45) is 0 Å². The monoisotopic (exact) mass is 413 g/mol. The van der Waals surface area contributed by atoms with Crippen molar-refractivity contribution >= 4 is 22.4 Å². The van der Waals surface area contributed by atoms with Gasteiger partial charge in [0.25, 0.3) is 5.82 Å². The van der Waals surface area contributed by atoms with Crippen molar-refractivity contribution in [2.45, 2.75) is 12.7 Å². The lowest BCUT2D eigenvalue weighted by molar-refractivity contribution is -0.146. The molecular formula is C20H18F3N7. The zero-order valence-corrected chi connectivity index (χ0v) is 15.9. The summed E-state index contributed by atoms with van der Waals surface area (Å²) in [5, 5.41) is 12.0. The maximum Gasteiger partial charge on any atom is 0.453 e. The quantitative estimate of drug-likeness (QED) is 0.515. The van der Waals surface area contributed by atoms with E-state index in [1.807, 2.05) is 35.4 Å². The van der Waals surface area contributed by atoms with Gasteiger partial charge >= 0.3 is 6.18 Å². The number of nitrogens with zero attached hydrogens (tertiary/aromatic N) is 7. The van der Waals surface area contributed by atoms with Gasteiger partial charge in [-0.15, -0.1) is 15.3 Å². The van der Waals surface area contributed by atoms with Gasteiger partial charge in [0.2, 0.25) is 0 Å². The molecule has 5 rings (SSSR count). The van der Waals surface area contributed by atoms with Gasteiger partial charge in [0.1, 0.15) is 5.82 Å². The normalized spacial score (nSPS) is 15.9. The maximum absolute atomic E-state index is 13.1. The van der Waals surface area contributed by atoms with Gasteiger partial charge in [-0.1, -0.05) is 18.2 Å².